The van der Waals surface area contributed by atoms with Gasteiger partial charge in [0.15, 0.2) is 0 Å². The van der Waals surface area contributed by atoms with Crippen LogP contribution in [0.4, 0.5) is 24.5 Å². The largest absolute Gasteiger partial charge is 0.573 e. The van der Waals surface area contributed by atoms with E-state index in [2.05, 4.69) is 9.72 Å². The Bertz CT molecular complexity index is 1040. The second-order valence-corrected chi connectivity index (χ2v) is 4.94. The number of hydrogen-bond donors (Lipinski definition) is 0. The lowest BCUT2D eigenvalue weighted by molar-refractivity contribution is -0.393. The molecule has 0 radical (unpaired) electrons. The van der Waals surface area contributed by atoms with Crippen LogP contribution in [0.2, 0.25) is 0 Å². The van der Waals surface area contributed by atoms with E-state index in [1.165, 1.54) is 12.1 Å². The number of benzene rings is 2. The molecular weight excluding hydrogens is 347 g/mol. The highest BCUT2D eigenvalue weighted by Crippen LogP contribution is 2.33. The van der Waals surface area contributed by atoms with Crippen LogP contribution in [0.15, 0.2) is 36.4 Å². The highest BCUT2D eigenvalue weighted by molar-refractivity contribution is 5.99. The molecule has 0 fully saturated rings. The number of halogens is 3. The van der Waals surface area contributed by atoms with E-state index in [4.69, 9.17) is 0 Å². The summed E-state index contributed by atoms with van der Waals surface area (Å²) in [6.45, 7) is 0. The monoisotopic (exact) mass is 353 g/mol. The molecular formula is C14H6F3N3O5. The first-order chi connectivity index (χ1) is 11.6. The normalized spacial score (nSPS) is 11.6. The fraction of sp³-hybridized carbons (Fsp3) is 0.0714. The maximum atomic E-state index is 12.3. The van der Waals surface area contributed by atoms with Crippen molar-refractivity contribution in [2.24, 2.45) is 0 Å². The molecule has 0 spiro atoms. The molecule has 0 N–H and O–H groups in total. The van der Waals surface area contributed by atoms with Gasteiger partial charge in [-0.15, -0.1) is 13.2 Å². The molecule has 0 saturated carbocycles. The third-order valence-electron chi connectivity index (χ3n) is 3.30. The van der Waals surface area contributed by atoms with Gasteiger partial charge in [0.1, 0.15) is 5.75 Å². The molecule has 128 valence electrons. The van der Waals surface area contributed by atoms with Crippen LogP contribution < -0.4 is 4.74 Å². The highest BCUT2D eigenvalue weighted by atomic mass is 19.4. The van der Waals surface area contributed by atoms with Gasteiger partial charge < -0.3 is 4.74 Å². The van der Waals surface area contributed by atoms with Gasteiger partial charge in [0, 0.05) is 11.5 Å². The van der Waals surface area contributed by atoms with Crippen molar-refractivity contribution in [3.63, 3.8) is 0 Å². The first kappa shape index (κ1) is 16.4. The summed E-state index contributed by atoms with van der Waals surface area (Å²) in [5.74, 6) is -0.509. The molecule has 3 aromatic rings. The minimum atomic E-state index is -4.88. The molecule has 1 aromatic heterocycles. The third-order valence-corrected chi connectivity index (χ3v) is 3.30. The first-order valence-electron chi connectivity index (χ1n) is 6.57. The number of nitrogens with zero attached hydrogens (tertiary/aromatic N) is 3. The Kier molecular flexibility index (Phi) is 3.63. The predicted octanol–water partition coefficient (Wildman–Crippen LogP) is 4.10. The van der Waals surface area contributed by atoms with Crippen molar-refractivity contribution in [3.8, 4) is 5.75 Å². The van der Waals surface area contributed by atoms with Gasteiger partial charge in [-0.25, -0.2) is 4.98 Å². The Balaban J connectivity index is 2.26. The van der Waals surface area contributed by atoms with E-state index in [0.717, 1.165) is 24.3 Å². The Morgan fingerprint density at radius 2 is 1.68 bits per heavy atom. The number of hydrogen-bond acceptors (Lipinski definition) is 6. The Morgan fingerprint density at radius 1 is 0.960 bits per heavy atom. The Hall–Kier alpha value is -3.50. The van der Waals surface area contributed by atoms with Crippen LogP contribution in [0.1, 0.15) is 0 Å². The zero-order valence-electron chi connectivity index (χ0n) is 12.0. The molecule has 3 rings (SSSR count). The van der Waals surface area contributed by atoms with Crippen molar-refractivity contribution in [2.75, 3.05) is 0 Å². The average molecular weight is 353 g/mol. The van der Waals surface area contributed by atoms with E-state index >= 15 is 0 Å². The fourth-order valence-electron chi connectivity index (χ4n) is 2.34. The van der Waals surface area contributed by atoms with Crippen molar-refractivity contribution in [3.05, 3.63) is 56.6 Å². The van der Waals surface area contributed by atoms with Crippen LogP contribution in [0.3, 0.4) is 0 Å². The van der Waals surface area contributed by atoms with Crippen molar-refractivity contribution in [1.29, 1.82) is 0 Å². The summed E-state index contributed by atoms with van der Waals surface area (Å²) in [4.78, 5) is 24.5. The van der Waals surface area contributed by atoms with Gasteiger partial charge in [-0.2, -0.15) is 0 Å². The molecule has 0 aliphatic carbocycles. The molecule has 0 aliphatic rings. The summed E-state index contributed by atoms with van der Waals surface area (Å²) in [7, 11) is 0. The average Bonchev–Trinajstić information content (AvgIpc) is 2.50. The van der Waals surface area contributed by atoms with Crippen LogP contribution in [0.5, 0.6) is 5.75 Å². The number of nitro groups is 2. The quantitative estimate of drug-likeness (QED) is 0.398. The maximum Gasteiger partial charge on any atom is 0.573 e. The predicted molar refractivity (Wildman–Crippen MR) is 79.2 cm³/mol. The fourth-order valence-corrected chi connectivity index (χ4v) is 2.34. The molecule has 0 aliphatic heterocycles. The van der Waals surface area contributed by atoms with E-state index in [1.54, 1.807) is 0 Å². The van der Waals surface area contributed by atoms with Crippen molar-refractivity contribution in [2.45, 2.75) is 6.36 Å². The summed E-state index contributed by atoms with van der Waals surface area (Å²) in [5.41, 5.74) is -0.890. The number of nitro benzene ring substituents is 2. The third kappa shape index (κ3) is 3.24. The SMILES string of the molecule is O=[N+]([O-])c1cc([N+](=O)[O-])c2cc3cc(OC(F)(F)F)ccc3nc2c1. The molecule has 8 nitrogen and oxygen atoms in total. The number of non-ortho nitro benzene ring substituents is 2. The minimum Gasteiger partial charge on any atom is -0.406 e. The number of aromatic nitrogens is 1. The highest BCUT2D eigenvalue weighted by Gasteiger charge is 2.31. The summed E-state index contributed by atoms with van der Waals surface area (Å²) >= 11 is 0. The van der Waals surface area contributed by atoms with Gasteiger partial charge >= 0.3 is 6.36 Å². The number of rotatable bonds is 3. The van der Waals surface area contributed by atoms with Crippen LogP contribution in [0, 0.1) is 20.2 Å². The molecule has 0 atom stereocenters. The van der Waals surface area contributed by atoms with E-state index in [0.29, 0.717) is 0 Å². The Morgan fingerprint density at radius 3 is 2.28 bits per heavy atom. The van der Waals surface area contributed by atoms with Gasteiger partial charge in [0.05, 0.1) is 32.3 Å². The van der Waals surface area contributed by atoms with Gasteiger partial charge in [-0.1, -0.05) is 0 Å². The number of fused-ring (bicyclic) bond motifs is 2. The van der Waals surface area contributed by atoms with Gasteiger partial charge in [0.25, 0.3) is 11.4 Å². The maximum absolute atomic E-state index is 12.3. The van der Waals surface area contributed by atoms with Crippen molar-refractivity contribution < 1.29 is 27.8 Å². The summed E-state index contributed by atoms with van der Waals surface area (Å²) in [6.07, 6.45) is -4.88. The minimum absolute atomic E-state index is 0.0158. The van der Waals surface area contributed by atoms with E-state index in [-0.39, 0.29) is 21.8 Å². The lowest BCUT2D eigenvalue weighted by Gasteiger charge is -2.09. The number of pyridine rings is 1. The van der Waals surface area contributed by atoms with Gasteiger partial charge in [-0.05, 0) is 24.3 Å². The lowest BCUT2D eigenvalue weighted by atomic mass is 10.1. The van der Waals surface area contributed by atoms with Crippen LogP contribution in [0.25, 0.3) is 21.8 Å². The van der Waals surface area contributed by atoms with E-state index < -0.39 is 33.3 Å². The topological polar surface area (TPSA) is 108 Å². The van der Waals surface area contributed by atoms with Crippen molar-refractivity contribution >= 4 is 33.2 Å². The zero-order chi connectivity index (χ0) is 18.4. The van der Waals surface area contributed by atoms with E-state index in [9.17, 15) is 33.4 Å². The second-order valence-electron chi connectivity index (χ2n) is 4.94. The van der Waals surface area contributed by atoms with Crippen LogP contribution >= 0.6 is 0 Å². The standard InChI is InChI=1S/C14H6F3N3O5/c15-14(16,17)25-9-1-2-11-7(3-9)4-10-12(18-11)5-8(19(21)22)6-13(10)20(23)24/h1-6H. The lowest BCUT2D eigenvalue weighted by Crippen LogP contribution is -2.17. The Labute approximate surface area is 135 Å². The van der Waals surface area contributed by atoms with Crippen molar-refractivity contribution in [1.82, 2.24) is 4.98 Å². The molecule has 0 amide bonds. The summed E-state index contributed by atoms with van der Waals surface area (Å²) < 4.78 is 40.7. The first-order valence-corrected chi connectivity index (χ1v) is 6.57. The molecule has 11 heteroatoms. The summed E-state index contributed by atoms with van der Waals surface area (Å²) in [6, 6.07) is 6.35. The van der Waals surface area contributed by atoms with Crippen LogP contribution in [-0.4, -0.2) is 21.2 Å². The number of ether oxygens (including phenoxy) is 1. The molecule has 2 aromatic carbocycles. The molecule has 0 saturated heterocycles. The summed E-state index contributed by atoms with van der Waals surface area (Å²) in [5, 5.41) is 22.2. The second kappa shape index (κ2) is 5.54. The molecule has 0 unspecified atom stereocenters. The zero-order valence-corrected chi connectivity index (χ0v) is 12.0. The molecule has 1 heterocycles. The van der Waals surface area contributed by atoms with Gasteiger partial charge in [0.2, 0.25) is 0 Å². The van der Waals surface area contributed by atoms with Crippen LogP contribution in [-0.2, 0) is 0 Å². The van der Waals surface area contributed by atoms with Gasteiger partial charge in [-0.3, -0.25) is 20.2 Å². The molecule has 25 heavy (non-hydrogen) atoms. The number of alkyl halides is 3. The molecule has 0 bridgehead atoms. The smallest absolute Gasteiger partial charge is 0.406 e. The van der Waals surface area contributed by atoms with E-state index in [1.807, 2.05) is 0 Å².